The highest BCUT2D eigenvalue weighted by molar-refractivity contribution is 5.92. The number of nitrogens with two attached hydrogens (primary N) is 1. The van der Waals surface area contributed by atoms with Crippen molar-refractivity contribution in [2.45, 2.75) is 19.8 Å². The van der Waals surface area contributed by atoms with E-state index in [0.717, 1.165) is 5.69 Å². The molecule has 2 N–H and O–H groups in total. The number of aromatic nitrogens is 2. The molecule has 0 aliphatic carbocycles. The number of nitrogens with zero attached hydrogens (tertiary/aromatic N) is 2. The molecule has 2 aromatic rings. The van der Waals surface area contributed by atoms with Gasteiger partial charge in [-0.05, 0) is 23.6 Å². The number of hydrogen-bond donors (Lipinski definition) is 1. The molecule has 1 heterocycles. The van der Waals surface area contributed by atoms with Crippen LogP contribution in [0.5, 0.6) is 0 Å². The second-order valence-corrected chi connectivity index (χ2v) is 4.28. The first-order chi connectivity index (χ1) is 8.08. The largest absolute Gasteiger partial charge is 0.366 e. The normalized spacial score (nSPS) is 10.8. The molecule has 17 heavy (non-hydrogen) atoms. The molecule has 88 valence electrons. The van der Waals surface area contributed by atoms with Gasteiger partial charge in [-0.25, -0.2) is 4.68 Å². The van der Waals surface area contributed by atoms with Crippen LogP contribution in [0, 0.1) is 0 Å². The molecular weight excluding hydrogens is 214 g/mol. The standard InChI is InChI=1S/C13H15N3O/c1-9(2)10-3-5-12(6-4-10)16-8-11(7-15-16)13(14)17/h3-9H,1-2H3,(H2,14,17). The van der Waals surface area contributed by atoms with E-state index in [2.05, 4.69) is 31.1 Å². The molecule has 0 radical (unpaired) electrons. The SMILES string of the molecule is CC(C)c1ccc(-n2cc(C(N)=O)cn2)cc1. The minimum absolute atomic E-state index is 0.415. The third-order valence-electron chi connectivity index (χ3n) is 2.69. The van der Waals surface area contributed by atoms with Crippen molar-refractivity contribution < 1.29 is 4.79 Å². The quantitative estimate of drug-likeness (QED) is 0.876. The molecule has 0 unspecified atom stereocenters. The van der Waals surface area contributed by atoms with E-state index >= 15 is 0 Å². The first-order valence-corrected chi connectivity index (χ1v) is 5.52. The highest BCUT2D eigenvalue weighted by atomic mass is 16.1. The lowest BCUT2D eigenvalue weighted by Gasteiger charge is -2.06. The van der Waals surface area contributed by atoms with Crippen LogP contribution in [-0.4, -0.2) is 15.7 Å². The third-order valence-corrected chi connectivity index (χ3v) is 2.69. The zero-order chi connectivity index (χ0) is 12.4. The van der Waals surface area contributed by atoms with Gasteiger partial charge in [0.05, 0.1) is 17.4 Å². The fraction of sp³-hybridized carbons (Fsp3) is 0.231. The van der Waals surface area contributed by atoms with Crippen molar-refractivity contribution in [3.05, 3.63) is 47.8 Å². The second kappa shape index (κ2) is 4.41. The van der Waals surface area contributed by atoms with E-state index in [1.54, 1.807) is 10.9 Å². The molecule has 0 fully saturated rings. The predicted molar refractivity (Wildman–Crippen MR) is 66.2 cm³/mol. The molecule has 4 heteroatoms. The molecule has 2 rings (SSSR count). The van der Waals surface area contributed by atoms with Crippen molar-refractivity contribution in [2.75, 3.05) is 0 Å². The van der Waals surface area contributed by atoms with Gasteiger partial charge in [-0.3, -0.25) is 4.79 Å². The molecule has 1 aromatic heterocycles. The van der Waals surface area contributed by atoms with Gasteiger partial charge in [0.2, 0.25) is 0 Å². The van der Waals surface area contributed by atoms with Crippen molar-refractivity contribution in [1.29, 1.82) is 0 Å². The van der Waals surface area contributed by atoms with Gasteiger partial charge in [-0.15, -0.1) is 0 Å². The number of hydrogen-bond acceptors (Lipinski definition) is 2. The fourth-order valence-corrected chi connectivity index (χ4v) is 1.60. The van der Waals surface area contributed by atoms with Crippen molar-refractivity contribution in [3.63, 3.8) is 0 Å². The third kappa shape index (κ3) is 2.36. The number of carbonyl (C=O) groups is 1. The number of primary amides is 1. The van der Waals surface area contributed by atoms with E-state index in [4.69, 9.17) is 5.73 Å². The number of rotatable bonds is 3. The van der Waals surface area contributed by atoms with Crippen LogP contribution in [0.4, 0.5) is 0 Å². The minimum Gasteiger partial charge on any atom is -0.366 e. The maximum Gasteiger partial charge on any atom is 0.251 e. The molecule has 0 bridgehead atoms. The van der Waals surface area contributed by atoms with Crippen LogP contribution in [0.2, 0.25) is 0 Å². The molecule has 0 atom stereocenters. The predicted octanol–water partition coefficient (Wildman–Crippen LogP) is 2.09. The van der Waals surface area contributed by atoms with Crippen LogP contribution in [0.1, 0.15) is 35.7 Å². The lowest BCUT2D eigenvalue weighted by atomic mass is 10.0. The van der Waals surface area contributed by atoms with Gasteiger partial charge in [0.1, 0.15) is 0 Å². The van der Waals surface area contributed by atoms with Gasteiger partial charge in [-0.1, -0.05) is 26.0 Å². The minimum atomic E-state index is -0.463. The number of benzene rings is 1. The summed E-state index contributed by atoms with van der Waals surface area (Å²) in [7, 11) is 0. The lowest BCUT2D eigenvalue weighted by Crippen LogP contribution is -2.09. The summed E-state index contributed by atoms with van der Waals surface area (Å²) in [6.07, 6.45) is 3.10. The van der Waals surface area contributed by atoms with E-state index < -0.39 is 5.91 Å². The zero-order valence-corrected chi connectivity index (χ0v) is 9.92. The molecule has 0 aliphatic heterocycles. The Kier molecular flexibility index (Phi) is 2.95. The topological polar surface area (TPSA) is 60.9 Å². The van der Waals surface area contributed by atoms with Crippen molar-refractivity contribution in [2.24, 2.45) is 5.73 Å². The van der Waals surface area contributed by atoms with Crippen molar-refractivity contribution in [3.8, 4) is 5.69 Å². The van der Waals surface area contributed by atoms with Gasteiger partial charge in [0.25, 0.3) is 5.91 Å². The fourth-order valence-electron chi connectivity index (χ4n) is 1.60. The van der Waals surface area contributed by atoms with Crippen LogP contribution in [0.3, 0.4) is 0 Å². The highest BCUT2D eigenvalue weighted by Gasteiger charge is 2.05. The number of carbonyl (C=O) groups excluding carboxylic acids is 1. The monoisotopic (exact) mass is 229 g/mol. The van der Waals surface area contributed by atoms with E-state index in [0.29, 0.717) is 11.5 Å². The molecule has 0 saturated heterocycles. The average molecular weight is 229 g/mol. The first-order valence-electron chi connectivity index (χ1n) is 5.52. The van der Waals surface area contributed by atoms with Gasteiger partial charge in [-0.2, -0.15) is 5.10 Å². The van der Waals surface area contributed by atoms with Gasteiger partial charge in [0, 0.05) is 6.20 Å². The Hall–Kier alpha value is -2.10. The molecule has 0 aliphatic rings. The summed E-state index contributed by atoms with van der Waals surface area (Å²) in [5.41, 5.74) is 7.78. The Bertz CT molecular complexity index is 526. The Balaban J connectivity index is 2.30. The summed E-state index contributed by atoms with van der Waals surface area (Å²) in [6.45, 7) is 4.29. The van der Waals surface area contributed by atoms with Crippen LogP contribution >= 0.6 is 0 Å². The van der Waals surface area contributed by atoms with Crippen molar-refractivity contribution >= 4 is 5.91 Å². The average Bonchev–Trinajstić information content (AvgIpc) is 2.78. The van der Waals surface area contributed by atoms with Crippen molar-refractivity contribution in [1.82, 2.24) is 9.78 Å². The van der Waals surface area contributed by atoms with E-state index in [9.17, 15) is 4.79 Å². The van der Waals surface area contributed by atoms with E-state index in [1.807, 2.05) is 12.1 Å². The van der Waals surface area contributed by atoms with Gasteiger partial charge < -0.3 is 5.73 Å². The lowest BCUT2D eigenvalue weighted by molar-refractivity contribution is 0.100. The second-order valence-electron chi connectivity index (χ2n) is 4.28. The van der Waals surface area contributed by atoms with Crippen LogP contribution < -0.4 is 5.73 Å². The summed E-state index contributed by atoms with van der Waals surface area (Å²) < 4.78 is 1.64. The Morgan fingerprint density at radius 1 is 1.29 bits per heavy atom. The van der Waals surface area contributed by atoms with Crippen LogP contribution in [-0.2, 0) is 0 Å². The summed E-state index contributed by atoms with van der Waals surface area (Å²) >= 11 is 0. The maximum absolute atomic E-state index is 11.0. The summed E-state index contributed by atoms with van der Waals surface area (Å²) in [5.74, 6) is 0.0397. The van der Waals surface area contributed by atoms with Crippen LogP contribution in [0.15, 0.2) is 36.7 Å². The van der Waals surface area contributed by atoms with Gasteiger partial charge in [0.15, 0.2) is 0 Å². The molecule has 0 spiro atoms. The summed E-state index contributed by atoms with van der Waals surface area (Å²) in [5, 5.41) is 4.10. The summed E-state index contributed by atoms with van der Waals surface area (Å²) in [6, 6.07) is 8.08. The molecule has 4 nitrogen and oxygen atoms in total. The molecule has 1 aromatic carbocycles. The number of amides is 1. The van der Waals surface area contributed by atoms with Gasteiger partial charge >= 0.3 is 0 Å². The highest BCUT2D eigenvalue weighted by Crippen LogP contribution is 2.16. The Morgan fingerprint density at radius 3 is 2.41 bits per heavy atom. The van der Waals surface area contributed by atoms with Crippen LogP contribution in [0.25, 0.3) is 5.69 Å². The Labute approximate surface area is 100 Å². The summed E-state index contributed by atoms with van der Waals surface area (Å²) in [4.78, 5) is 11.0. The van der Waals surface area contributed by atoms with E-state index in [1.165, 1.54) is 11.8 Å². The van der Waals surface area contributed by atoms with E-state index in [-0.39, 0.29) is 0 Å². The zero-order valence-electron chi connectivity index (χ0n) is 9.92. The molecule has 0 saturated carbocycles. The molecule has 1 amide bonds. The smallest absolute Gasteiger partial charge is 0.251 e. The Morgan fingerprint density at radius 2 is 1.94 bits per heavy atom. The maximum atomic E-state index is 11.0. The first kappa shape index (κ1) is 11.4. The molecular formula is C13H15N3O.